The molecule has 1 atom stereocenters. The molecule has 1 N–H and O–H groups in total. The van der Waals surface area contributed by atoms with Crippen LogP contribution in [0.5, 0.6) is 5.75 Å². The molecule has 31 heavy (non-hydrogen) atoms. The minimum Gasteiger partial charge on any atom is -0.507 e. The van der Waals surface area contributed by atoms with Crippen molar-refractivity contribution in [2.45, 2.75) is 45.5 Å². The zero-order valence-corrected chi connectivity index (χ0v) is 17.0. The zero-order chi connectivity index (χ0) is 21.9. The second-order valence-electron chi connectivity index (χ2n) is 8.05. The molecular weight excluding hydrogens is 407 g/mol. The molecule has 5 rings (SSSR count). The Morgan fingerprint density at radius 2 is 1.90 bits per heavy atom. The highest BCUT2D eigenvalue weighted by Crippen LogP contribution is 2.39. The van der Waals surface area contributed by atoms with Crippen molar-refractivity contribution in [3.63, 3.8) is 0 Å². The predicted octanol–water partition coefficient (Wildman–Crippen LogP) is 4.82. The third-order valence-electron chi connectivity index (χ3n) is 5.75. The number of pyridine rings is 1. The summed E-state index contributed by atoms with van der Waals surface area (Å²) in [7, 11) is 0. The summed E-state index contributed by atoms with van der Waals surface area (Å²) in [6.45, 7) is 4.28. The maximum atomic E-state index is 13.0. The fourth-order valence-electron chi connectivity index (χ4n) is 4.30. The van der Waals surface area contributed by atoms with E-state index in [1.165, 1.54) is 6.92 Å². The number of aromatic hydroxyl groups is 1. The number of alkyl halides is 3. The third kappa shape index (κ3) is 3.43. The van der Waals surface area contributed by atoms with Crippen molar-refractivity contribution in [3.05, 3.63) is 59.3 Å². The van der Waals surface area contributed by atoms with Gasteiger partial charge in [0.1, 0.15) is 11.6 Å². The van der Waals surface area contributed by atoms with Gasteiger partial charge in [-0.3, -0.25) is 4.68 Å². The average molecular weight is 427 g/mol. The summed E-state index contributed by atoms with van der Waals surface area (Å²) in [5, 5.41) is 15.8. The van der Waals surface area contributed by atoms with Gasteiger partial charge in [-0.15, -0.1) is 0 Å². The molecule has 0 saturated carbocycles. The van der Waals surface area contributed by atoms with Crippen LogP contribution >= 0.6 is 0 Å². The highest BCUT2D eigenvalue weighted by atomic mass is 19.4. The molecule has 0 radical (unpaired) electrons. The van der Waals surface area contributed by atoms with Crippen LogP contribution in [0, 0.1) is 13.8 Å². The van der Waals surface area contributed by atoms with Gasteiger partial charge < -0.3 is 9.67 Å². The van der Waals surface area contributed by atoms with Gasteiger partial charge >= 0.3 is 6.18 Å². The van der Waals surface area contributed by atoms with Crippen molar-refractivity contribution in [2.24, 2.45) is 0 Å². The molecule has 6 nitrogen and oxygen atoms in total. The Labute approximate surface area is 176 Å². The number of hydrogen-bond donors (Lipinski definition) is 1. The topological polar surface area (TPSA) is 68.8 Å². The number of benzene rings is 1. The number of aromatic nitrogens is 5. The Morgan fingerprint density at radius 3 is 2.65 bits per heavy atom. The van der Waals surface area contributed by atoms with Crippen LogP contribution in [0.3, 0.4) is 0 Å². The van der Waals surface area contributed by atoms with E-state index < -0.39 is 17.5 Å². The Hall–Kier alpha value is -3.36. The number of hydrogen-bond acceptors (Lipinski definition) is 4. The second kappa shape index (κ2) is 6.83. The summed E-state index contributed by atoms with van der Waals surface area (Å²) < 4.78 is 43.1. The standard InChI is InChI=1S/C22H20F3N5O/c1-12-7-15(22(23,24)25)8-18(31)20(12)17-5-3-14-10-30(28-21(14)27-17)16-4-6-19-26-13(2)9-29(19)11-16/h3,5,7-10,16,31H,4,6,11H2,1-2H3/t16-/m1/s1. The van der Waals surface area contributed by atoms with Crippen LogP contribution in [0.2, 0.25) is 0 Å². The highest BCUT2D eigenvalue weighted by molar-refractivity contribution is 5.80. The van der Waals surface area contributed by atoms with Gasteiger partial charge in [0.2, 0.25) is 0 Å². The number of phenolic OH excluding ortho intramolecular Hbond substituents is 1. The van der Waals surface area contributed by atoms with Crippen LogP contribution in [0.1, 0.15) is 35.1 Å². The molecule has 4 heterocycles. The average Bonchev–Trinajstić information content (AvgIpc) is 3.27. The molecule has 160 valence electrons. The van der Waals surface area contributed by atoms with E-state index in [2.05, 4.69) is 19.6 Å². The van der Waals surface area contributed by atoms with Gasteiger partial charge in [0, 0.05) is 36.3 Å². The number of fused-ring (bicyclic) bond motifs is 2. The monoisotopic (exact) mass is 427 g/mol. The number of phenols is 1. The zero-order valence-electron chi connectivity index (χ0n) is 17.0. The van der Waals surface area contributed by atoms with Crippen molar-refractivity contribution >= 4 is 11.0 Å². The minimum atomic E-state index is -4.52. The fraction of sp³-hybridized carbons (Fsp3) is 0.318. The van der Waals surface area contributed by atoms with E-state index in [9.17, 15) is 18.3 Å². The molecule has 0 saturated heterocycles. The third-order valence-corrected chi connectivity index (χ3v) is 5.75. The minimum absolute atomic E-state index is 0.167. The van der Waals surface area contributed by atoms with Crippen molar-refractivity contribution < 1.29 is 18.3 Å². The van der Waals surface area contributed by atoms with E-state index >= 15 is 0 Å². The first-order valence-electron chi connectivity index (χ1n) is 9.99. The molecule has 3 aromatic heterocycles. The van der Waals surface area contributed by atoms with Crippen molar-refractivity contribution in [2.75, 3.05) is 0 Å². The lowest BCUT2D eigenvalue weighted by Gasteiger charge is -2.23. The lowest BCUT2D eigenvalue weighted by atomic mass is 10.00. The van der Waals surface area contributed by atoms with Gasteiger partial charge in [-0.2, -0.15) is 18.3 Å². The molecular formula is C22H20F3N5O. The molecule has 0 amide bonds. The lowest BCUT2D eigenvalue weighted by molar-refractivity contribution is -0.137. The van der Waals surface area contributed by atoms with Gasteiger partial charge in [-0.1, -0.05) is 0 Å². The Bertz CT molecular complexity index is 1280. The molecule has 0 unspecified atom stereocenters. The second-order valence-corrected chi connectivity index (χ2v) is 8.05. The van der Waals surface area contributed by atoms with Crippen molar-refractivity contribution in [3.8, 4) is 17.0 Å². The van der Waals surface area contributed by atoms with Crippen LogP contribution in [0.15, 0.2) is 36.7 Å². The molecule has 4 aromatic rings. The first kappa shape index (κ1) is 19.6. The number of nitrogens with zero attached hydrogens (tertiary/aromatic N) is 5. The molecule has 0 aliphatic carbocycles. The van der Waals surface area contributed by atoms with Gasteiger partial charge in [-0.25, -0.2) is 9.97 Å². The summed E-state index contributed by atoms with van der Waals surface area (Å²) >= 11 is 0. The number of imidazole rings is 1. The summed E-state index contributed by atoms with van der Waals surface area (Å²) in [6, 6.07) is 5.45. The van der Waals surface area contributed by atoms with Gasteiger partial charge in [-0.05, 0) is 50.1 Å². The molecule has 0 bridgehead atoms. The number of rotatable bonds is 2. The van der Waals surface area contributed by atoms with E-state index in [-0.39, 0.29) is 11.6 Å². The predicted molar refractivity (Wildman–Crippen MR) is 109 cm³/mol. The molecule has 1 aromatic carbocycles. The van der Waals surface area contributed by atoms with Crippen LogP contribution in [0.25, 0.3) is 22.3 Å². The van der Waals surface area contributed by atoms with Crippen LogP contribution in [-0.4, -0.2) is 29.4 Å². The summed E-state index contributed by atoms with van der Waals surface area (Å²) in [5.41, 5.74) is 1.57. The van der Waals surface area contributed by atoms with E-state index in [1.807, 2.05) is 30.1 Å². The summed E-state index contributed by atoms with van der Waals surface area (Å²) in [6.07, 6.45) is 1.23. The number of halogens is 3. The molecule has 0 spiro atoms. The van der Waals surface area contributed by atoms with E-state index in [4.69, 9.17) is 0 Å². The smallest absolute Gasteiger partial charge is 0.416 e. The Kier molecular flexibility index (Phi) is 4.32. The van der Waals surface area contributed by atoms with Crippen LogP contribution < -0.4 is 0 Å². The van der Waals surface area contributed by atoms with Gasteiger partial charge in [0.15, 0.2) is 5.65 Å². The lowest BCUT2D eigenvalue weighted by Crippen LogP contribution is -2.23. The Morgan fingerprint density at radius 1 is 1.10 bits per heavy atom. The van der Waals surface area contributed by atoms with Crippen molar-refractivity contribution in [1.29, 1.82) is 0 Å². The largest absolute Gasteiger partial charge is 0.507 e. The molecule has 1 aliphatic rings. The Balaban J connectivity index is 1.50. The van der Waals surface area contributed by atoms with Crippen LogP contribution in [0.4, 0.5) is 13.2 Å². The van der Waals surface area contributed by atoms with E-state index in [0.717, 1.165) is 48.4 Å². The summed E-state index contributed by atoms with van der Waals surface area (Å²) in [5.74, 6) is 0.632. The van der Waals surface area contributed by atoms with Gasteiger partial charge in [0.25, 0.3) is 0 Å². The number of aryl methyl sites for hydroxylation is 3. The first-order chi connectivity index (χ1) is 14.7. The maximum absolute atomic E-state index is 13.0. The quantitative estimate of drug-likeness (QED) is 0.498. The first-order valence-corrected chi connectivity index (χ1v) is 9.99. The summed E-state index contributed by atoms with van der Waals surface area (Å²) in [4.78, 5) is 9.06. The van der Waals surface area contributed by atoms with E-state index in [0.29, 0.717) is 16.9 Å². The molecule has 0 fully saturated rings. The highest BCUT2D eigenvalue weighted by Gasteiger charge is 2.32. The van der Waals surface area contributed by atoms with E-state index in [1.54, 1.807) is 6.07 Å². The molecule has 9 heteroatoms. The van der Waals surface area contributed by atoms with Crippen LogP contribution in [-0.2, 0) is 19.1 Å². The fourth-order valence-corrected chi connectivity index (χ4v) is 4.30. The normalized spacial score (nSPS) is 16.6. The SMILES string of the molecule is Cc1cn2c(n1)CC[C@@H](n1cc3ccc(-c4c(C)cc(C(F)(F)F)cc4O)nc3n1)C2. The maximum Gasteiger partial charge on any atom is 0.416 e. The molecule has 1 aliphatic heterocycles. The van der Waals surface area contributed by atoms with Gasteiger partial charge in [0.05, 0.1) is 23.0 Å². The van der Waals surface area contributed by atoms with Crippen molar-refractivity contribution in [1.82, 2.24) is 24.3 Å².